The summed E-state index contributed by atoms with van der Waals surface area (Å²) in [4.78, 5) is 12.3. The lowest BCUT2D eigenvalue weighted by Crippen LogP contribution is -2.34. The van der Waals surface area contributed by atoms with Crippen LogP contribution in [0.4, 0.5) is 5.69 Å². The van der Waals surface area contributed by atoms with E-state index < -0.39 is 0 Å². The molecule has 0 radical (unpaired) electrons. The quantitative estimate of drug-likeness (QED) is 0.694. The van der Waals surface area contributed by atoms with E-state index in [9.17, 15) is 4.79 Å². The van der Waals surface area contributed by atoms with Crippen LogP contribution >= 0.6 is 47.8 Å². The third-order valence-electron chi connectivity index (χ3n) is 3.34. The number of hydrogen-bond donors (Lipinski definition) is 2. The Bertz CT molecular complexity index is 470. The predicted octanol–water partition coefficient (Wildman–Crippen LogP) is 4.43. The molecule has 1 saturated carbocycles. The van der Waals surface area contributed by atoms with Crippen molar-refractivity contribution in [1.29, 1.82) is 0 Å². The van der Waals surface area contributed by atoms with Crippen LogP contribution in [0.1, 0.15) is 25.7 Å². The second-order valence-electron chi connectivity index (χ2n) is 4.86. The first-order valence-corrected chi connectivity index (χ1v) is 8.56. The van der Waals surface area contributed by atoms with Gasteiger partial charge in [0, 0.05) is 25.4 Å². The summed E-state index contributed by atoms with van der Waals surface area (Å²) in [6.07, 6.45) is 3.75. The number of hydrogen-bond acceptors (Lipinski definition) is 2. The van der Waals surface area contributed by atoms with Crippen molar-refractivity contribution >= 4 is 59.4 Å². The van der Waals surface area contributed by atoms with E-state index in [4.69, 9.17) is 5.73 Å². The van der Waals surface area contributed by atoms with Gasteiger partial charge < -0.3 is 11.1 Å². The van der Waals surface area contributed by atoms with E-state index in [0.717, 1.165) is 44.8 Å². The summed E-state index contributed by atoms with van der Waals surface area (Å²) in [5, 5.41) is 2.99. The topological polar surface area (TPSA) is 55.1 Å². The number of carbonyl (C=O) groups is 1. The number of amides is 1. The molecule has 2 rings (SSSR count). The molecular formula is C13H15Br3N2O. The largest absolute Gasteiger partial charge is 0.328 e. The molecule has 6 heteroatoms. The number of carbonyl (C=O) groups excluding carboxylic acids is 1. The van der Waals surface area contributed by atoms with Gasteiger partial charge in [-0.25, -0.2) is 0 Å². The van der Waals surface area contributed by atoms with Crippen LogP contribution in [0, 0.1) is 5.92 Å². The van der Waals surface area contributed by atoms with Gasteiger partial charge in [-0.3, -0.25) is 4.79 Å². The molecule has 0 spiro atoms. The minimum Gasteiger partial charge on any atom is -0.328 e. The van der Waals surface area contributed by atoms with Gasteiger partial charge in [-0.1, -0.05) is 22.4 Å². The molecule has 104 valence electrons. The lowest BCUT2D eigenvalue weighted by Gasteiger charge is -2.26. The number of halogens is 3. The maximum absolute atomic E-state index is 12.3. The Morgan fingerprint density at radius 1 is 1.21 bits per heavy atom. The van der Waals surface area contributed by atoms with Gasteiger partial charge in [-0.15, -0.1) is 0 Å². The standard InChI is InChI=1S/C13H15Br3N2O/c14-8-5-10(15)12(11(16)6-8)18-13(19)7-2-1-3-9(17)4-7/h5-7,9H,1-4,17H2,(H,18,19). The van der Waals surface area contributed by atoms with Crippen LogP contribution in [0.15, 0.2) is 25.6 Å². The van der Waals surface area contributed by atoms with Gasteiger partial charge in [0.15, 0.2) is 0 Å². The van der Waals surface area contributed by atoms with Crippen molar-refractivity contribution in [3.8, 4) is 0 Å². The molecule has 3 nitrogen and oxygen atoms in total. The molecule has 1 aliphatic carbocycles. The molecule has 0 bridgehead atoms. The van der Waals surface area contributed by atoms with E-state index in [1.165, 1.54) is 0 Å². The normalized spacial score (nSPS) is 23.2. The van der Waals surface area contributed by atoms with Gasteiger partial charge in [0.1, 0.15) is 0 Å². The Morgan fingerprint density at radius 2 is 1.84 bits per heavy atom. The Hall–Kier alpha value is 0.0900. The van der Waals surface area contributed by atoms with Gasteiger partial charge >= 0.3 is 0 Å². The van der Waals surface area contributed by atoms with Crippen LogP contribution in [0.25, 0.3) is 0 Å². The first kappa shape index (κ1) is 15.5. The number of nitrogens with one attached hydrogen (secondary N) is 1. The molecule has 0 heterocycles. The summed E-state index contributed by atoms with van der Waals surface area (Å²) in [5.41, 5.74) is 6.70. The van der Waals surface area contributed by atoms with Gasteiger partial charge in [0.05, 0.1) is 5.69 Å². The van der Waals surface area contributed by atoms with E-state index in [-0.39, 0.29) is 17.9 Å². The number of anilines is 1. The minimum absolute atomic E-state index is 0.0196. The van der Waals surface area contributed by atoms with E-state index >= 15 is 0 Å². The van der Waals surface area contributed by atoms with Gasteiger partial charge in [-0.05, 0) is 63.3 Å². The highest BCUT2D eigenvalue weighted by molar-refractivity contribution is 9.11. The molecule has 1 fully saturated rings. The monoisotopic (exact) mass is 452 g/mol. The molecule has 19 heavy (non-hydrogen) atoms. The Morgan fingerprint density at radius 3 is 2.42 bits per heavy atom. The third kappa shape index (κ3) is 4.03. The molecule has 3 N–H and O–H groups in total. The molecule has 1 amide bonds. The van der Waals surface area contributed by atoms with Crippen molar-refractivity contribution in [3.05, 3.63) is 25.6 Å². The predicted molar refractivity (Wildman–Crippen MR) is 88.1 cm³/mol. The fourth-order valence-corrected chi connectivity index (χ4v) is 4.81. The van der Waals surface area contributed by atoms with Crippen LogP contribution in [0.5, 0.6) is 0 Å². The van der Waals surface area contributed by atoms with Crippen molar-refractivity contribution in [3.63, 3.8) is 0 Å². The first-order chi connectivity index (χ1) is 8.97. The Balaban J connectivity index is 2.10. The van der Waals surface area contributed by atoms with Crippen molar-refractivity contribution < 1.29 is 4.79 Å². The summed E-state index contributed by atoms with van der Waals surface area (Å²) >= 11 is 10.3. The summed E-state index contributed by atoms with van der Waals surface area (Å²) in [5.74, 6) is 0.0741. The molecule has 0 aromatic heterocycles. The summed E-state index contributed by atoms with van der Waals surface area (Å²) in [6.45, 7) is 0. The van der Waals surface area contributed by atoms with Crippen LogP contribution in [0.3, 0.4) is 0 Å². The molecule has 1 aromatic rings. The van der Waals surface area contributed by atoms with E-state index in [2.05, 4.69) is 53.1 Å². The van der Waals surface area contributed by atoms with Gasteiger partial charge in [0.2, 0.25) is 5.91 Å². The number of benzene rings is 1. The highest BCUT2D eigenvalue weighted by Crippen LogP contribution is 2.35. The van der Waals surface area contributed by atoms with Crippen LogP contribution in [0.2, 0.25) is 0 Å². The van der Waals surface area contributed by atoms with Crippen LogP contribution in [-0.2, 0) is 4.79 Å². The van der Waals surface area contributed by atoms with E-state index in [1.807, 2.05) is 12.1 Å². The third-order valence-corrected chi connectivity index (χ3v) is 5.05. The second kappa shape index (κ2) is 6.70. The summed E-state index contributed by atoms with van der Waals surface area (Å²) in [7, 11) is 0. The van der Waals surface area contributed by atoms with Crippen molar-refractivity contribution in [2.45, 2.75) is 31.7 Å². The fourth-order valence-electron chi connectivity index (χ4n) is 2.35. The molecule has 2 unspecified atom stereocenters. The van der Waals surface area contributed by atoms with Gasteiger partial charge in [0.25, 0.3) is 0 Å². The Labute approximate surface area is 138 Å². The highest BCUT2D eigenvalue weighted by Gasteiger charge is 2.26. The van der Waals surface area contributed by atoms with Crippen molar-refractivity contribution in [1.82, 2.24) is 0 Å². The molecule has 0 aliphatic heterocycles. The number of nitrogens with two attached hydrogens (primary N) is 1. The SMILES string of the molecule is NC1CCCC(C(=O)Nc2c(Br)cc(Br)cc2Br)C1. The fraction of sp³-hybridized carbons (Fsp3) is 0.462. The summed E-state index contributed by atoms with van der Waals surface area (Å²) in [6, 6.07) is 3.97. The zero-order valence-electron chi connectivity index (χ0n) is 10.3. The lowest BCUT2D eigenvalue weighted by atomic mass is 9.85. The highest BCUT2D eigenvalue weighted by atomic mass is 79.9. The minimum atomic E-state index is 0.0196. The summed E-state index contributed by atoms with van der Waals surface area (Å²) < 4.78 is 2.65. The Kier molecular flexibility index (Phi) is 5.45. The van der Waals surface area contributed by atoms with Crippen LogP contribution in [-0.4, -0.2) is 11.9 Å². The molecule has 0 saturated heterocycles. The smallest absolute Gasteiger partial charge is 0.227 e. The molecule has 2 atom stereocenters. The van der Waals surface area contributed by atoms with Gasteiger partial charge in [-0.2, -0.15) is 0 Å². The van der Waals surface area contributed by atoms with Crippen molar-refractivity contribution in [2.24, 2.45) is 11.7 Å². The van der Waals surface area contributed by atoms with Crippen LogP contribution < -0.4 is 11.1 Å². The number of rotatable bonds is 2. The van der Waals surface area contributed by atoms with E-state index in [0.29, 0.717) is 0 Å². The lowest BCUT2D eigenvalue weighted by molar-refractivity contribution is -0.120. The first-order valence-electron chi connectivity index (χ1n) is 6.18. The average Bonchev–Trinajstić information content (AvgIpc) is 2.33. The molecular weight excluding hydrogens is 440 g/mol. The zero-order valence-corrected chi connectivity index (χ0v) is 15.0. The maximum Gasteiger partial charge on any atom is 0.227 e. The van der Waals surface area contributed by atoms with Crippen molar-refractivity contribution in [2.75, 3.05) is 5.32 Å². The maximum atomic E-state index is 12.3. The van der Waals surface area contributed by atoms with E-state index in [1.54, 1.807) is 0 Å². The average molecular weight is 455 g/mol. The zero-order chi connectivity index (χ0) is 14.0. The molecule has 1 aromatic carbocycles. The second-order valence-corrected chi connectivity index (χ2v) is 7.48. The molecule has 1 aliphatic rings.